The number of aliphatic carboxylic acids is 1. The Morgan fingerprint density at radius 1 is 1.54 bits per heavy atom. The lowest BCUT2D eigenvalue weighted by atomic mass is 9.93. The first-order valence-corrected chi connectivity index (χ1v) is 4.24. The van der Waals surface area contributed by atoms with Crippen LogP contribution >= 0.6 is 0 Å². The molecule has 0 aromatic carbocycles. The van der Waals surface area contributed by atoms with E-state index in [1.54, 1.807) is 0 Å². The topological polar surface area (TPSA) is 69.9 Å². The molecule has 0 radical (unpaired) electrons. The molecule has 72 valence electrons. The van der Waals surface area contributed by atoms with E-state index in [0.29, 0.717) is 12.0 Å². The molecule has 1 heterocycles. The summed E-state index contributed by atoms with van der Waals surface area (Å²) in [6, 6.07) is 0. The van der Waals surface area contributed by atoms with Crippen molar-refractivity contribution in [1.82, 2.24) is 0 Å². The van der Waals surface area contributed by atoms with Crippen LogP contribution in [-0.4, -0.2) is 28.5 Å². The highest BCUT2D eigenvalue weighted by Crippen LogP contribution is 2.28. The second-order valence-electron chi connectivity index (χ2n) is 3.26. The molecule has 1 rings (SSSR count). The van der Waals surface area contributed by atoms with Gasteiger partial charge in [-0.25, -0.2) is 9.79 Å². The number of hydrogen-bond acceptors (Lipinski definition) is 3. The van der Waals surface area contributed by atoms with Crippen LogP contribution in [0.4, 0.5) is 0 Å². The average molecular weight is 183 g/mol. The molecule has 13 heavy (non-hydrogen) atoms. The van der Waals surface area contributed by atoms with E-state index >= 15 is 0 Å². The van der Waals surface area contributed by atoms with E-state index in [-0.39, 0.29) is 18.2 Å². The molecule has 0 aromatic rings. The van der Waals surface area contributed by atoms with Crippen LogP contribution in [0.2, 0.25) is 0 Å². The van der Waals surface area contributed by atoms with Crippen molar-refractivity contribution in [2.45, 2.75) is 20.3 Å². The minimum atomic E-state index is -1.01. The third-order valence-corrected chi connectivity index (χ3v) is 1.94. The average Bonchev–Trinajstić information content (AvgIpc) is 1.96. The SMILES string of the molecule is CC(C)C1=C(CCO)C(C(=O)O)=N1. The Kier molecular flexibility index (Phi) is 2.83. The summed E-state index contributed by atoms with van der Waals surface area (Å²) in [6.45, 7) is 3.88. The fraction of sp³-hybridized carbons (Fsp3) is 0.556. The summed E-state index contributed by atoms with van der Waals surface area (Å²) in [6.07, 6.45) is 0.388. The Morgan fingerprint density at radius 2 is 2.15 bits per heavy atom. The largest absolute Gasteiger partial charge is 0.477 e. The van der Waals surface area contributed by atoms with Gasteiger partial charge in [-0.3, -0.25) is 0 Å². The highest BCUT2D eigenvalue weighted by Gasteiger charge is 2.28. The summed E-state index contributed by atoms with van der Waals surface area (Å²) in [5, 5.41) is 17.4. The predicted octanol–water partition coefficient (Wildman–Crippen LogP) is 0.818. The second-order valence-corrected chi connectivity index (χ2v) is 3.26. The lowest BCUT2D eigenvalue weighted by Crippen LogP contribution is -2.26. The first kappa shape index (κ1) is 9.92. The number of carboxylic acids is 1. The van der Waals surface area contributed by atoms with Gasteiger partial charge in [0.1, 0.15) is 0 Å². The molecule has 4 heteroatoms. The van der Waals surface area contributed by atoms with E-state index in [0.717, 1.165) is 5.70 Å². The van der Waals surface area contributed by atoms with Crippen molar-refractivity contribution >= 4 is 11.7 Å². The zero-order chi connectivity index (χ0) is 10.0. The summed E-state index contributed by atoms with van der Waals surface area (Å²) < 4.78 is 0. The van der Waals surface area contributed by atoms with E-state index < -0.39 is 5.97 Å². The number of allylic oxidation sites excluding steroid dienone is 1. The van der Waals surface area contributed by atoms with Gasteiger partial charge in [0.05, 0.1) is 0 Å². The first-order chi connectivity index (χ1) is 6.07. The smallest absolute Gasteiger partial charge is 0.354 e. The first-order valence-electron chi connectivity index (χ1n) is 4.24. The molecule has 0 saturated carbocycles. The molecule has 0 aliphatic carbocycles. The molecule has 0 fully saturated rings. The Morgan fingerprint density at radius 3 is 2.54 bits per heavy atom. The van der Waals surface area contributed by atoms with E-state index in [4.69, 9.17) is 10.2 Å². The molecule has 4 nitrogen and oxygen atoms in total. The minimum Gasteiger partial charge on any atom is -0.477 e. The van der Waals surface area contributed by atoms with Crippen LogP contribution in [0, 0.1) is 5.92 Å². The number of carbonyl (C=O) groups is 1. The van der Waals surface area contributed by atoms with Gasteiger partial charge < -0.3 is 10.2 Å². The zero-order valence-corrected chi connectivity index (χ0v) is 7.74. The van der Waals surface area contributed by atoms with Crippen LogP contribution < -0.4 is 0 Å². The molecule has 2 N–H and O–H groups in total. The van der Waals surface area contributed by atoms with Gasteiger partial charge in [0.15, 0.2) is 5.71 Å². The number of rotatable bonds is 4. The van der Waals surface area contributed by atoms with Crippen LogP contribution in [0.15, 0.2) is 16.3 Å². The zero-order valence-electron chi connectivity index (χ0n) is 7.74. The quantitative estimate of drug-likeness (QED) is 0.677. The highest BCUT2D eigenvalue weighted by atomic mass is 16.4. The van der Waals surface area contributed by atoms with E-state index in [1.807, 2.05) is 13.8 Å². The van der Waals surface area contributed by atoms with Crippen LogP contribution in [0.5, 0.6) is 0 Å². The molecule has 0 saturated heterocycles. The predicted molar refractivity (Wildman–Crippen MR) is 48.6 cm³/mol. The van der Waals surface area contributed by atoms with Crippen molar-refractivity contribution < 1.29 is 15.0 Å². The minimum absolute atomic E-state index is 0.0299. The molecule has 1 aliphatic rings. The third kappa shape index (κ3) is 1.78. The molecule has 1 aliphatic heterocycles. The Balaban J connectivity index is 2.78. The maximum atomic E-state index is 10.6. The maximum absolute atomic E-state index is 10.6. The number of nitrogens with zero attached hydrogens (tertiary/aromatic N) is 1. The second kappa shape index (κ2) is 3.70. The summed E-state index contributed by atoms with van der Waals surface area (Å²) >= 11 is 0. The fourth-order valence-corrected chi connectivity index (χ4v) is 1.34. The fourth-order valence-electron chi connectivity index (χ4n) is 1.34. The van der Waals surface area contributed by atoms with Crippen molar-refractivity contribution in [2.75, 3.05) is 6.61 Å². The monoisotopic (exact) mass is 183 g/mol. The van der Waals surface area contributed by atoms with Crippen molar-refractivity contribution in [3.63, 3.8) is 0 Å². The molecule has 0 amide bonds. The van der Waals surface area contributed by atoms with E-state index in [9.17, 15) is 4.79 Å². The van der Waals surface area contributed by atoms with Gasteiger partial charge in [-0.2, -0.15) is 0 Å². The Labute approximate surface area is 76.6 Å². The molecule has 0 bridgehead atoms. The van der Waals surface area contributed by atoms with Crippen LogP contribution in [0.3, 0.4) is 0 Å². The molecular formula is C9H13NO3. The summed E-state index contributed by atoms with van der Waals surface area (Å²) in [5.74, 6) is -0.780. The van der Waals surface area contributed by atoms with E-state index in [2.05, 4.69) is 4.99 Å². The molecule has 0 atom stereocenters. The molecule has 0 spiro atoms. The van der Waals surface area contributed by atoms with Gasteiger partial charge in [0.25, 0.3) is 0 Å². The van der Waals surface area contributed by atoms with Gasteiger partial charge in [0, 0.05) is 17.9 Å². The van der Waals surface area contributed by atoms with Gasteiger partial charge in [-0.05, 0) is 12.3 Å². The van der Waals surface area contributed by atoms with Crippen molar-refractivity contribution in [3.05, 3.63) is 11.3 Å². The maximum Gasteiger partial charge on any atom is 0.354 e. The lowest BCUT2D eigenvalue weighted by Gasteiger charge is -2.22. The van der Waals surface area contributed by atoms with Gasteiger partial charge in [-0.1, -0.05) is 13.8 Å². The number of aliphatic hydroxyl groups excluding tert-OH is 1. The lowest BCUT2D eigenvalue weighted by molar-refractivity contribution is -0.129. The van der Waals surface area contributed by atoms with Gasteiger partial charge >= 0.3 is 5.97 Å². The Bertz CT molecular complexity index is 289. The summed E-state index contributed by atoms with van der Waals surface area (Å²) in [5.41, 5.74) is 1.62. The van der Waals surface area contributed by atoms with Crippen LogP contribution in [0.25, 0.3) is 0 Å². The highest BCUT2D eigenvalue weighted by molar-refractivity contribution is 6.45. The number of carboxylic acid groups (broad SMARTS) is 1. The summed E-state index contributed by atoms with van der Waals surface area (Å²) in [4.78, 5) is 14.5. The third-order valence-electron chi connectivity index (χ3n) is 1.94. The number of aliphatic hydroxyl groups is 1. The van der Waals surface area contributed by atoms with Crippen molar-refractivity contribution in [1.29, 1.82) is 0 Å². The van der Waals surface area contributed by atoms with Gasteiger partial charge in [-0.15, -0.1) is 0 Å². The number of hydrogen-bond donors (Lipinski definition) is 2. The van der Waals surface area contributed by atoms with Crippen molar-refractivity contribution in [3.8, 4) is 0 Å². The molecular weight excluding hydrogens is 170 g/mol. The standard InChI is InChI=1S/C9H13NO3/c1-5(2)7-6(3-4-11)8(10-7)9(12)13/h5,11H,3-4H2,1-2H3,(H,12,13). The molecule has 0 aromatic heterocycles. The normalized spacial score (nSPS) is 15.8. The van der Waals surface area contributed by atoms with E-state index in [1.165, 1.54) is 0 Å². The summed E-state index contributed by atoms with van der Waals surface area (Å²) in [7, 11) is 0. The van der Waals surface area contributed by atoms with Crippen molar-refractivity contribution in [2.24, 2.45) is 10.9 Å². The molecule has 0 unspecified atom stereocenters. The van der Waals surface area contributed by atoms with Crippen LogP contribution in [-0.2, 0) is 4.79 Å². The number of aliphatic imine (C=N–C) groups is 1. The Hall–Kier alpha value is -1.16. The van der Waals surface area contributed by atoms with Gasteiger partial charge in [0.2, 0.25) is 0 Å². The van der Waals surface area contributed by atoms with Crippen LogP contribution in [0.1, 0.15) is 20.3 Å².